The fraction of sp³-hybridized carbons (Fsp3) is 0.667. The Labute approximate surface area is 102 Å². The highest BCUT2D eigenvalue weighted by molar-refractivity contribution is 5.89. The van der Waals surface area contributed by atoms with E-state index in [1.54, 1.807) is 0 Å². The molecule has 9 heteroatoms. The number of hydroxylamine groups is 2. The quantitative estimate of drug-likeness (QED) is 0.424. The lowest BCUT2D eigenvalue weighted by Crippen LogP contribution is -2.54. The molecule has 0 aromatic heterocycles. The SMILES string of the molecule is CN(NC(=O)C1CCC2CN1C(=O)N2O)C(=O)O. The van der Waals surface area contributed by atoms with Crippen LogP contribution in [-0.2, 0) is 4.79 Å². The van der Waals surface area contributed by atoms with E-state index in [1.807, 2.05) is 0 Å². The van der Waals surface area contributed by atoms with Crippen LogP contribution in [0.3, 0.4) is 0 Å². The van der Waals surface area contributed by atoms with Crippen LogP contribution in [0.25, 0.3) is 0 Å². The predicted octanol–water partition coefficient (Wildman–Crippen LogP) is -0.715. The molecule has 2 aliphatic rings. The first-order chi connectivity index (χ1) is 8.41. The molecule has 0 aromatic rings. The van der Waals surface area contributed by atoms with Gasteiger partial charge < -0.3 is 10.0 Å². The van der Waals surface area contributed by atoms with Gasteiger partial charge in [0.05, 0.1) is 6.04 Å². The van der Waals surface area contributed by atoms with E-state index in [9.17, 15) is 19.6 Å². The summed E-state index contributed by atoms with van der Waals surface area (Å²) in [4.78, 5) is 35.3. The van der Waals surface area contributed by atoms with E-state index in [0.717, 1.165) is 0 Å². The van der Waals surface area contributed by atoms with E-state index in [-0.39, 0.29) is 12.6 Å². The molecule has 0 aromatic carbocycles. The van der Waals surface area contributed by atoms with Gasteiger partial charge in [-0.15, -0.1) is 0 Å². The number of piperidine rings is 1. The molecule has 2 atom stereocenters. The number of nitrogens with zero attached hydrogens (tertiary/aromatic N) is 3. The second-order valence-corrected chi connectivity index (χ2v) is 4.34. The minimum Gasteiger partial charge on any atom is -0.464 e. The van der Waals surface area contributed by atoms with Crippen LogP contribution in [0.1, 0.15) is 12.8 Å². The van der Waals surface area contributed by atoms with Crippen LogP contribution in [0.5, 0.6) is 0 Å². The molecule has 100 valence electrons. The molecule has 18 heavy (non-hydrogen) atoms. The van der Waals surface area contributed by atoms with Gasteiger partial charge in [-0.1, -0.05) is 0 Å². The first-order valence-electron chi connectivity index (χ1n) is 5.47. The molecule has 0 radical (unpaired) electrons. The third-order valence-electron chi connectivity index (χ3n) is 3.21. The number of carboxylic acid groups (broad SMARTS) is 1. The third-order valence-corrected chi connectivity index (χ3v) is 3.21. The maximum absolute atomic E-state index is 11.8. The number of rotatable bonds is 1. The van der Waals surface area contributed by atoms with E-state index < -0.39 is 24.1 Å². The highest BCUT2D eigenvalue weighted by Gasteiger charge is 2.46. The van der Waals surface area contributed by atoms with Gasteiger partial charge in [-0.2, -0.15) is 0 Å². The van der Waals surface area contributed by atoms with Crippen molar-refractivity contribution in [2.45, 2.75) is 24.9 Å². The molecule has 0 spiro atoms. The van der Waals surface area contributed by atoms with E-state index in [0.29, 0.717) is 22.9 Å². The Hall–Kier alpha value is -2.03. The maximum Gasteiger partial charge on any atom is 0.425 e. The van der Waals surface area contributed by atoms with Crippen molar-refractivity contribution in [1.29, 1.82) is 0 Å². The Bertz CT molecular complexity index is 400. The first-order valence-corrected chi connectivity index (χ1v) is 5.47. The zero-order valence-electron chi connectivity index (χ0n) is 9.74. The van der Waals surface area contributed by atoms with Gasteiger partial charge in [-0.25, -0.2) is 19.7 Å². The standard InChI is InChI=1S/C9H14N4O5/c1-11(9(16)17)10-7(14)6-3-2-5-4-12(6)8(15)13(5)18/h5-6,18H,2-4H2,1H3,(H,10,14)(H,16,17). The predicted molar refractivity (Wildman–Crippen MR) is 56.5 cm³/mol. The van der Waals surface area contributed by atoms with Crippen molar-refractivity contribution in [2.24, 2.45) is 0 Å². The number of fused-ring (bicyclic) bond motifs is 2. The zero-order chi connectivity index (χ0) is 13.4. The molecule has 2 saturated heterocycles. The number of hydrazine groups is 1. The minimum atomic E-state index is -1.30. The smallest absolute Gasteiger partial charge is 0.425 e. The van der Waals surface area contributed by atoms with Crippen LogP contribution >= 0.6 is 0 Å². The number of hydrogen-bond donors (Lipinski definition) is 3. The van der Waals surface area contributed by atoms with Gasteiger partial charge in [0.1, 0.15) is 6.04 Å². The molecule has 4 amide bonds. The molecule has 0 aliphatic carbocycles. The number of carbonyl (C=O) groups is 3. The summed E-state index contributed by atoms with van der Waals surface area (Å²) in [5, 5.41) is 19.3. The summed E-state index contributed by atoms with van der Waals surface area (Å²) in [7, 11) is 1.19. The number of urea groups is 1. The molecule has 2 fully saturated rings. The van der Waals surface area contributed by atoms with E-state index in [2.05, 4.69) is 5.43 Å². The van der Waals surface area contributed by atoms with Crippen LogP contribution in [0.4, 0.5) is 9.59 Å². The number of nitrogens with one attached hydrogen (secondary N) is 1. The van der Waals surface area contributed by atoms with Crippen molar-refractivity contribution in [1.82, 2.24) is 20.4 Å². The molecule has 2 bridgehead atoms. The van der Waals surface area contributed by atoms with Crippen molar-refractivity contribution in [3.05, 3.63) is 0 Å². The Kier molecular flexibility index (Phi) is 2.99. The highest BCUT2D eigenvalue weighted by atomic mass is 16.5. The Morgan fingerprint density at radius 1 is 1.44 bits per heavy atom. The van der Waals surface area contributed by atoms with Crippen LogP contribution in [0.2, 0.25) is 0 Å². The Morgan fingerprint density at radius 3 is 2.72 bits per heavy atom. The summed E-state index contributed by atoms with van der Waals surface area (Å²) in [6, 6.07) is -1.64. The van der Waals surface area contributed by atoms with Crippen LogP contribution < -0.4 is 5.43 Å². The largest absolute Gasteiger partial charge is 0.464 e. The van der Waals surface area contributed by atoms with Gasteiger partial charge >= 0.3 is 12.1 Å². The summed E-state index contributed by atoms with van der Waals surface area (Å²) >= 11 is 0. The second kappa shape index (κ2) is 4.33. The van der Waals surface area contributed by atoms with Crippen LogP contribution in [0, 0.1) is 0 Å². The summed E-state index contributed by atoms with van der Waals surface area (Å²) in [6.07, 6.45) is -0.394. The normalized spacial score (nSPS) is 26.2. The molecule has 2 aliphatic heterocycles. The number of amides is 4. The van der Waals surface area contributed by atoms with Crippen molar-refractivity contribution >= 4 is 18.0 Å². The molecule has 9 nitrogen and oxygen atoms in total. The lowest BCUT2D eigenvalue weighted by Gasteiger charge is -2.30. The van der Waals surface area contributed by atoms with Crippen molar-refractivity contribution in [3.8, 4) is 0 Å². The topological polar surface area (TPSA) is 113 Å². The summed E-state index contributed by atoms with van der Waals surface area (Å²) in [5.41, 5.74) is 2.17. The Morgan fingerprint density at radius 2 is 2.11 bits per heavy atom. The van der Waals surface area contributed by atoms with Crippen molar-refractivity contribution in [2.75, 3.05) is 13.6 Å². The van der Waals surface area contributed by atoms with E-state index in [1.165, 1.54) is 11.9 Å². The fourth-order valence-corrected chi connectivity index (χ4v) is 2.21. The van der Waals surface area contributed by atoms with Crippen LogP contribution in [0.15, 0.2) is 0 Å². The third kappa shape index (κ3) is 1.92. The van der Waals surface area contributed by atoms with E-state index in [4.69, 9.17) is 5.11 Å². The lowest BCUT2D eigenvalue weighted by atomic mass is 10.0. The molecule has 0 saturated carbocycles. The molecule has 2 heterocycles. The van der Waals surface area contributed by atoms with Gasteiger partial charge in [0.2, 0.25) is 0 Å². The van der Waals surface area contributed by atoms with Gasteiger partial charge in [0.25, 0.3) is 5.91 Å². The minimum absolute atomic E-state index is 0.279. The van der Waals surface area contributed by atoms with Crippen LogP contribution in [-0.4, -0.2) is 69.0 Å². The highest BCUT2D eigenvalue weighted by Crippen LogP contribution is 2.28. The van der Waals surface area contributed by atoms with Gasteiger partial charge in [0, 0.05) is 13.6 Å². The Balaban J connectivity index is 2.04. The first kappa shape index (κ1) is 12.4. The monoisotopic (exact) mass is 258 g/mol. The fourth-order valence-electron chi connectivity index (χ4n) is 2.21. The molecule has 2 rings (SSSR count). The maximum atomic E-state index is 11.8. The molecule has 2 unspecified atom stereocenters. The lowest BCUT2D eigenvalue weighted by molar-refractivity contribution is -0.129. The average molecular weight is 258 g/mol. The van der Waals surface area contributed by atoms with Gasteiger partial charge in [0.15, 0.2) is 0 Å². The molecule has 3 N–H and O–H groups in total. The van der Waals surface area contributed by atoms with Crippen molar-refractivity contribution < 1.29 is 24.7 Å². The summed E-state index contributed by atoms with van der Waals surface area (Å²) < 4.78 is 0. The molecular weight excluding hydrogens is 244 g/mol. The van der Waals surface area contributed by atoms with Gasteiger partial charge in [-0.3, -0.25) is 15.4 Å². The summed E-state index contributed by atoms with van der Waals surface area (Å²) in [5.74, 6) is -0.568. The van der Waals surface area contributed by atoms with Gasteiger partial charge in [-0.05, 0) is 12.8 Å². The zero-order valence-corrected chi connectivity index (χ0v) is 9.74. The second-order valence-electron chi connectivity index (χ2n) is 4.34. The van der Waals surface area contributed by atoms with Crippen molar-refractivity contribution in [3.63, 3.8) is 0 Å². The molecular formula is C9H14N4O5. The number of hydrogen-bond acceptors (Lipinski definition) is 4. The number of carbonyl (C=O) groups excluding carboxylic acids is 2. The summed E-state index contributed by atoms with van der Waals surface area (Å²) in [6.45, 7) is 0.282. The van der Waals surface area contributed by atoms with E-state index >= 15 is 0 Å². The average Bonchev–Trinajstić information content (AvgIpc) is 2.54.